The van der Waals surface area contributed by atoms with Crippen molar-refractivity contribution in [3.8, 4) is 0 Å². The van der Waals surface area contributed by atoms with Crippen LogP contribution in [0.15, 0.2) is 56.7 Å². The number of hydrogen-bond acceptors (Lipinski definition) is 5. The van der Waals surface area contributed by atoms with Crippen LogP contribution in [0.4, 0.5) is 0 Å². The minimum atomic E-state index is -0.782. The molecule has 0 saturated heterocycles. The van der Waals surface area contributed by atoms with Gasteiger partial charge in [0.15, 0.2) is 0 Å². The monoisotopic (exact) mass is 332 g/mol. The van der Waals surface area contributed by atoms with E-state index >= 15 is 0 Å². The fourth-order valence-corrected chi connectivity index (χ4v) is 2.44. The normalized spacial score (nSPS) is 13.3. The van der Waals surface area contributed by atoms with Crippen LogP contribution in [-0.4, -0.2) is 15.3 Å². The molecule has 0 aliphatic heterocycles. The summed E-state index contributed by atoms with van der Waals surface area (Å²) in [6.07, 6.45) is 4.39. The number of furan rings is 2. The summed E-state index contributed by atoms with van der Waals surface area (Å²) in [7, 11) is 0. The third kappa shape index (κ3) is 5.25. The first-order valence-corrected chi connectivity index (χ1v) is 8.16. The SMILES string of the molecule is CCCC(=C=CC[C@@H](O)c1ccc(CO)o1)C[C@@H](O)c1ccco1. The molecule has 0 saturated carbocycles. The summed E-state index contributed by atoms with van der Waals surface area (Å²) in [6, 6.07) is 6.79. The molecule has 0 unspecified atom stereocenters. The molecule has 5 nitrogen and oxygen atoms in total. The molecule has 0 radical (unpaired) electrons. The lowest BCUT2D eigenvalue weighted by atomic mass is 10.0. The number of aliphatic hydroxyl groups excluding tert-OH is 3. The second-order valence-corrected chi connectivity index (χ2v) is 5.65. The molecule has 0 spiro atoms. The standard InChI is InChI=1S/C19H24O5/c1-2-5-14(12-17(22)18-8-4-11-23-18)6-3-7-16(21)19-10-9-15(13-20)24-19/h3-4,8-11,16-17,20-22H,2,5,7,12-13H2,1H3/t6?,16-,17-/m1/s1. The van der Waals surface area contributed by atoms with Gasteiger partial charge in [-0.25, -0.2) is 0 Å². The van der Waals surface area contributed by atoms with E-state index in [0.29, 0.717) is 30.1 Å². The Labute approximate surface area is 141 Å². The maximum Gasteiger partial charge on any atom is 0.133 e. The predicted molar refractivity (Wildman–Crippen MR) is 89.0 cm³/mol. The number of aliphatic hydroxyl groups is 3. The van der Waals surface area contributed by atoms with E-state index in [-0.39, 0.29) is 6.61 Å². The Kier molecular flexibility index (Phi) is 7.09. The maximum atomic E-state index is 10.2. The Hall–Kier alpha value is -2.04. The molecule has 0 aliphatic rings. The van der Waals surface area contributed by atoms with E-state index in [4.69, 9.17) is 13.9 Å². The van der Waals surface area contributed by atoms with Gasteiger partial charge in [0.05, 0.1) is 6.26 Å². The summed E-state index contributed by atoms with van der Waals surface area (Å²) in [5, 5.41) is 29.2. The zero-order chi connectivity index (χ0) is 17.4. The molecule has 24 heavy (non-hydrogen) atoms. The summed E-state index contributed by atoms with van der Waals surface area (Å²) >= 11 is 0. The number of rotatable bonds is 9. The van der Waals surface area contributed by atoms with E-state index in [1.807, 2.05) is 0 Å². The van der Waals surface area contributed by atoms with Gasteiger partial charge in [-0.3, -0.25) is 0 Å². The van der Waals surface area contributed by atoms with Crippen molar-refractivity contribution in [3.05, 3.63) is 65.2 Å². The van der Waals surface area contributed by atoms with Gasteiger partial charge in [-0.15, -0.1) is 5.73 Å². The summed E-state index contributed by atoms with van der Waals surface area (Å²) in [5.41, 5.74) is 4.15. The molecule has 0 bridgehead atoms. The third-order valence-electron chi connectivity index (χ3n) is 3.68. The lowest BCUT2D eigenvalue weighted by Crippen LogP contribution is -1.98. The summed E-state index contributed by atoms with van der Waals surface area (Å²) in [5.74, 6) is 1.39. The van der Waals surface area contributed by atoms with Gasteiger partial charge in [-0.2, -0.15) is 0 Å². The Bertz CT molecular complexity index is 662. The van der Waals surface area contributed by atoms with Crippen LogP contribution < -0.4 is 0 Å². The van der Waals surface area contributed by atoms with E-state index in [0.717, 1.165) is 18.4 Å². The van der Waals surface area contributed by atoms with Crippen LogP contribution in [0.5, 0.6) is 0 Å². The summed E-state index contributed by atoms with van der Waals surface area (Å²) in [6.45, 7) is 1.88. The highest BCUT2D eigenvalue weighted by Crippen LogP contribution is 2.24. The van der Waals surface area contributed by atoms with Crippen molar-refractivity contribution in [3.63, 3.8) is 0 Å². The first-order chi connectivity index (χ1) is 11.6. The lowest BCUT2D eigenvalue weighted by Gasteiger charge is -2.09. The molecular weight excluding hydrogens is 308 g/mol. The molecule has 5 heteroatoms. The van der Waals surface area contributed by atoms with Gasteiger partial charge in [0.1, 0.15) is 36.1 Å². The van der Waals surface area contributed by atoms with Crippen LogP contribution in [0.2, 0.25) is 0 Å². The fraction of sp³-hybridized carbons (Fsp3) is 0.421. The van der Waals surface area contributed by atoms with Crippen LogP contribution in [0, 0.1) is 0 Å². The van der Waals surface area contributed by atoms with Crippen LogP contribution in [0.3, 0.4) is 0 Å². The molecule has 3 N–H and O–H groups in total. The Morgan fingerprint density at radius 3 is 2.67 bits per heavy atom. The van der Waals surface area contributed by atoms with E-state index < -0.39 is 12.2 Å². The molecule has 0 fully saturated rings. The topological polar surface area (TPSA) is 87.0 Å². The third-order valence-corrected chi connectivity index (χ3v) is 3.68. The van der Waals surface area contributed by atoms with Gasteiger partial charge in [0.25, 0.3) is 0 Å². The van der Waals surface area contributed by atoms with E-state index in [1.165, 1.54) is 6.26 Å². The van der Waals surface area contributed by atoms with Crippen molar-refractivity contribution in [1.82, 2.24) is 0 Å². The highest BCUT2D eigenvalue weighted by Gasteiger charge is 2.13. The maximum absolute atomic E-state index is 10.2. The molecule has 0 aromatic carbocycles. The minimum Gasteiger partial charge on any atom is -0.467 e. The summed E-state index contributed by atoms with van der Waals surface area (Å²) < 4.78 is 10.5. The molecule has 2 rings (SSSR count). The molecular formula is C19H24O5. The van der Waals surface area contributed by atoms with Gasteiger partial charge in [0, 0.05) is 12.8 Å². The average Bonchev–Trinajstić information content (AvgIpc) is 3.26. The fourth-order valence-electron chi connectivity index (χ4n) is 2.44. The molecule has 0 aliphatic carbocycles. The van der Waals surface area contributed by atoms with E-state index in [9.17, 15) is 10.2 Å². The smallest absolute Gasteiger partial charge is 0.133 e. The van der Waals surface area contributed by atoms with Crippen molar-refractivity contribution in [2.24, 2.45) is 0 Å². The predicted octanol–water partition coefficient (Wildman–Crippen LogP) is 3.79. The van der Waals surface area contributed by atoms with E-state index in [2.05, 4.69) is 12.7 Å². The van der Waals surface area contributed by atoms with Gasteiger partial charge in [-0.1, -0.05) is 13.3 Å². The van der Waals surface area contributed by atoms with Crippen molar-refractivity contribution in [2.75, 3.05) is 0 Å². The quantitative estimate of drug-likeness (QED) is 0.608. The van der Waals surface area contributed by atoms with Gasteiger partial charge >= 0.3 is 0 Å². The Balaban J connectivity index is 1.99. The lowest BCUT2D eigenvalue weighted by molar-refractivity contribution is 0.145. The first-order valence-electron chi connectivity index (χ1n) is 8.16. The van der Waals surface area contributed by atoms with Gasteiger partial charge in [-0.05, 0) is 42.3 Å². The molecule has 2 aromatic rings. The van der Waals surface area contributed by atoms with Crippen LogP contribution in [-0.2, 0) is 6.61 Å². The molecule has 130 valence electrons. The van der Waals surface area contributed by atoms with Gasteiger partial charge < -0.3 is 24.2 Å². The summed E-state index contributed by atoms with van der Waals surface area (Å²) in [4.78, 5) is 0. The highest BCUT2D eigenvalue weighted by atomic mass is 16.4. The van der Waals surface area contributed by atoms with Crippen molar-refractivity contribution in [2.45, 2.75) is 51.4 Å². The Morgan fingerprint density at radius 1 is 1.21 bits per heavy atom. The van der Waals surface area contributed by atoms with Gasteiger partial charge in [0.2, 0.25) is 0 Å². The van der Waals surface area contributed by atoms with E-state index in [1.54, 1.807) is 30.3 Å². The minimum absolute atomic E-state index is 0.187. The average molecular weight is 332 g/mol. The number of hydrogen-bond donors (Lipinski definition) is 3. The molecule has 2 aromatic heterocycles. The second kappa shape index (κ2) is 9.30. The molecule has 2 atom stereocenters. The van der Waals surface area contributed by atoms with Crippen molar-refractivity contribution >= 4 is 0 Å². The van der Waals surface area contributed by atoms with Crippen LogP contribution >= 0.6 is 0 Å². The highest BCUT2D eigenvalue weighted by molar-refractivity contribution is 5.12. The van der Waals surface area contributed by atoms with Crippen molar-refractivity contribution in [1.29, 1.82) is 0 Å². The first kappa shape index (κ1) is 18.3. The zero-order valence-electron chi connectivity index (χ0n) is 13.8. The largest absolute Gasteiger partial charge is 0.467 e. The second-order valence-electron chi connectivity index (χ2n) is 5.65. The van der Waals surface area contributed by atoms with Crippen LogP contribution in [0.25, 0.3) is 0 Å². The van der Waals surface area contributed by atoms with Crippen LogP contribution in [0.1, 0.15) is 62.1 Å². The van der Waals surface area contributed by atoms with Crippen molar-refractivity contribution < 1.29 is 24.2 Å². The molecule has 0 amide bonds. The Morgan fingerprint density at radius 2 is 2.04 bits per heavy atom. The molecule has 2 heterocycles. The zero-order valence-corrected chi connectivity index (χ0v) is 13.8.